The zero-order valence-electron chi connectivity index (χ0n) is 29.3. The van der Waals surface area contributed by atoms with Crippen LogP contribution in [0.15, 0.2) is 48.5 Å². The number of carbonyl (C=O) groups is 5. The second-order valence-corrected chi connectivity index (χ2v) is 13.1. The number of nitrogens with one attached hydrogen (secondary N) is 5. The highest BCUT2D eigenvalue weighted by Gasteiger charge is 2.32. The second-order valence-electron chi connectivity index (χ2n) is 13.1. The summed E-state index contributed by atoms with van der Waals surface area (Å²) in [6, 6.07) is 11.9. The molecule has 50 heavy (non-hydrogen) atoms. The summed E-state index contributed by atoms with van der Waals surface area (Å²) in [6.07, 6.45) is 3.07. The van der Waals surface area contributed by atoms with E-state index in [1.165, 1.54) is 7.11 Å². The van der Waals surface area contributed by atoms with Gasteiger partial charge in [-0.3, -0.25) is 24.0 Å². The topological polar surface area (TPSA) is 173 Å². The van der Waals surface area contributed by atoms with E-state index in [0.717, 1.165) is 11.1 Å². The van der Waals surface area contributed by atoms with Crippen LogP contribution in [-0.4, -0.2) is 87.7 Å². The van der Waals surface area contributed by atoms with Crippen LogP contribution in [0.3, 0.4) is 0 Å². The number of ether oxygens (including phenoxy) is 3. The molecule has 1 fully saturated rings. The van der Waals surface area contributed by atoms with Gasteiger partial charge < -0.3 is 40.8 Å². The molecule has 2 aliphatic rings. The Labute approximate surface area is 293 Å². The summed E-state index contributed by atoms with van der Waals surface area (Å²) in [7, 11) is 1.52. The number of hydrogen-bond acceptors (Lipinski definition) is 8. The number of fused-ring (bicyclic) bond motifs is 2. The summed E-state index contributed by atoms with van der Waals surface area (Å²) in [5, 5.41) is 14.4. The maximum absolute atomic E-state index is 13.9. The quantitative estimate of drug-likeness (QED) is 0.305. The first kappa shape index (κ1) is 38.2. The molecule has 2 aliphatic heterocycles. The molecule has 2 heterocycles. The SMILES string of the molecule is COc1ccc2cc1OCC(=O)NCCC[C@H](NC(=O)C1CCOCC1)C(=O)N[C@@H](Cc1ccccc1)C(=O)N[C@H](C(C)C)C(=O)NCCC2. The van der Waals surface area contributed by atoms with Crippen LogP contribution in [0.5, 0.6) is 11.5 Å². The molecule has 0 aromatic heterocycles. The predicted molar refractivity (Wildman–Crippen MR) is 186 cm³/mol. The normalized spacial score (nSPS) is 22.4. The van der Waals surface area contributed by atoms with Gasteiger partial charge in [-0.25, -0.2) is 0 Å². The molecule has 0 spiro atoms. The summed E-state index contributed by atoms with van der Waals surface area (Å²) in [5.41, 5.74) is 1.76. The maximum atomic E-state index is 13.9. The van der Waals surface area contributed by atoms with Crippen LogP contribution in [0.2, 0.25) is 0 Å². The molecule has 1 saturated heterocycles. The van der Waals surface area contributed by atoms with E-state index in [4.69, 9.17) is 14.2 Å². The van der Waals surface area contributed by atoms with Gasteiger partial charge in [-0.2, -0.15) is 0 Å². The van der Waals surface area contributed by atoms with Gasteiger partial charge >= 0.3 is 0 Å². The Morgan fingerprint density at radius 3 is 2.36 bits per heavy atom. The predicted octanol–water partition coefficient (Wildman–Crippen LogP) is 1.81. The molecule has 3 atom stereocenters. The van der Waals surface area contributed by atoms with Gasteiger partial charge in [-0.1, -0.05) is 50.2 Å². The number of rotatable bonds is 6. The van der Waals surface area contributed by atoms with E-state index in [1.807, 2.05) is 56.3 Å². The molecule has 5 amide bonds. The minimum absolute atomic E-state index is 0.172. The fourth-order valence-electron chi connectivity index (χ4n) is 5.97. The number of carbonyl (C=O) groups excluding carboxylic acids is 5. The average molecular weight is 694 g/mol. The van der Waals surface area contributed by atoms with Crippen LogP contribution in [0.1, 0.15) is 57.1 Å². The summed E-state index contributed by atoms with van der Waals surface area (Å²) in [6.45, 7) is 4.97. The zero-order valence-corrected chi connectivity index (χ0v) is 29.3. The fourth-order valence-corrected chi connectivity index (χ4v) is 5.97. The average Bonchev–Trinajstić information content (AvgIpc) is 3.12. The molecule has 2 aromatic rings. The van der Waals surface area contributed by atoms with Crippen LogP contribution in [0, 0.1) is 11.8 Å². The lowest BCUT2D eigenvalue weighted by atomic mass is 9.98. The lowest BCUT2D eigenvalue weighted by Crippen LogP contribution is -2.58. The van der Waals surface area contributed by atoms with Gasteiger partial charge in [0, 0.05) is 38.6 Å². The van der Waals surface area contributed by atoms with Gasteiger partial charge in [0.1, 0.15) is 18.1 Å². The third-order valence-corrected chi connectivity index (χ3v) is 8.91. The van der Waals surface area contributed by atoms with Crippen molar-refractivity contribution in [2.75, 3.05) is 40.0 Å². The van der Waals surface area contributed by atoms with Crippen molar-refractivity contribution in [2.45, 2.75) is 76.9 Å². The van der Waals surface area contributed by atoms with Gasteiger partial charge in [0.25, 0.3) is 5.91 Å². The maximum Gasteiger partial charge on any atom is 0.257 e. The molecule has 2 bridgehead atoms. The van der Waals surface area contributed by atoms with Crippen molar-refractivity contribution < 1.29 is 38.2 Å². The first-order valence-electron chi connectivity index (χ1n) is 17.5. The van der Waals surface area contributed by atoms with Crippen LogP contribution in [-0.2, 0) is 41.6 Å². The van der Waals surface area contributed by atoms with E-state index in [-0.39, 0.29) is 55.6 Å². The van der Waals surface area contributed by atoms with Crippen LogP contribution < -0.4 is 36.1 Å². The van der Waals surface area contributed by atoms with E-state index in [0.29, 0.717) is 63.4 Å². The van der Waals surface area contributed by atoms with Gasteiger partial charge in [0.05, 0.1) is 7.11 Å². The van der Waals surface area contributed by atoms with Crippen molar-refractivity contribution in [2.24, 2.45) is 11.8 Å². The van der Waals surface area contributed by atoms with Crippen molar-refractivity contribution in [3.05, 3.63) is 59.7 Å². The zero-order chi connectivity index (χ0) is 35.9. The van der Waals surface area contributed by atoms with E-state index in [2.05, 4.69) is 26.6 Å². The number of hydrogen-bond donors (Lipinski definition) is 5. The van der Waals surface area contributed by atoms with Crippen molar-refractivity contribution in [1.29, 1.82) is 0 Å². The largest absolute Gasteiger partial charge is 0.493 e. The smallest absolute Gasteiger partial charge is 0.257 e. The summed E-state index contributed by atoms with van der Waals surface area (Å²) >= 11 is 0. The number of aryl methyl sites for hydroxylation is 1. The summed E-state index contributed by atoms with van der Waals surface area (Å²) in [4.78, 5) is 67.0. The number of benzene rings is 2. The molecule has 4 rings (SSSR count). The Morgan fingerprint density at radius 2 is 1.64 bits per heavy atom. The van der Waals surface area contributed by atoms with Gasteiger partial charge in [-0.15, -0.1) is 0 Å². The highest BCUT2D eigenvalue weighted by atomic mass is 16.5. The first-order chi connectivity index (χ1) is 24.1. The van der Waals surface area contributed by atoms with Crippen molar-refractivity contribution in [1.82, 2.24) is 26.6 Å². The van der Waals surface area contributed by atoms with Crippen LogP contribution >= 0.6 is 0 Å². The lowest BCUT2D eigenvalue weighted by molar-refractivity contribution is -0.135. The Hall–Kier alpha value is -4.65. The van der Waals surface area contributed by atoms with Gasteiger partial charge in [0.2, 0.25) is 23.6 Å². The standard InChI is InChI=1S/C37H51N5O8/c1-24(2)33-37(47)39-18-7-11-26-13-14-30(48-3)31(22-26)50-23-32(43)38-17-8-12-28(40-34(44)27-15-19-49-20-16-27)35(45)41-29(36(46)42-33)21-25-9-5-4-6-10-25/h4-6,9-10,13-14,22,24,27-29,33H,7-8,11-12,15-21,23H2,1-3H3,(H,38,43)(H,39,47)(H,40,44)(H,41,45)(H,42,46)/t28-,29-,33+/m0/s1. The molecule has 0 saturated carbocycles. The van der Waals surface area contributed by atoms with Crippen LogP contribution in [0.25, 0.3) is 0 Å². The molecule has 0 unspecified atom stereocenters. The molecule has 272 valence electrons. The Bertz CT molecular complexity index is 1450. The lowest BCUT2D eigenvalue weighted by Gasteiger charge is -2.28. The van der Waals surface area contributed by atoms with Gasteiger partial charge in [-0.05, 0) is 67.7 Å². The Kier molecular flexibility index (Phi) is 14.9. The first-order valence-corrected chi connectivity index (χ1v) is 17.5. The Balaban J connectivity index is 1.58. The molecule has 5 N–H and O–H groups in total. The monoisotopic (exact) mass is 693 g/mol. The highest BCUT2D eigenvalue weighted by Crippen LogP contribution is 2.28. The Morgan fingerprint density at radius 1 is 0.900 bits per heavy atom. The molecular weight excluding hydrogens is 642 g/mol. The van der Waals surface area contributed by atoms with Crippen molar-refractivity contribution in [3.8, 4) is 11.5 Å². The third kappa shape index (κ3) is 11.7. The fraction of sp³-hybridized carbons (Fsp3) is 0.541. The van der Waals surface area contributed by atoms with E-state index >= 15 is 0 Å². The highest BCUT2D eigenvalue weighted by molar-refractivity contribution is 5.94. The minimum Gasteiger partial charge on any atom is -0.493 e. The molecule has 13 nitrogen and oxygen atoms in total. The van der Waals surface area contributed by atoms with E-state index in [9.17, 15) is 24.0 Å². The van der Waals surface area contributed by atoms with Gasteiger partial charge in [0.15, 0.2) is 18.1 Å². The third-order valence-electron chi connectivity index (χ3n) is 8.91. The number of methoxy groups -OCH3 is 1. The van der Waals surface area contributed by atoms with Crippen molar-refractivity contribution in [3.63, 3.8) is 0 Å². The molecule has 0 aliphatic carbocycles. The van der Waals surface area contributed by atoms with E-state index in [1.54, 1.807) is 6.07 Å². The van der Waals surface area contributed by atoms with Crippen LogP contribution in [0.4, 0.5) is 0 Å². The molecular formula is C37H51N5O8. The molecule has 2 aromatic carbocycles. The second kappa shape index (κ2) is 19.5. The minimum atomic E-state index is -1.03. The molecule has 0 radical (unpaired) electrons. The van der Waals surface area contributed by atoms with Crippen molar-refractivity contribution >= 4 is 29.5 Å². The summed E-state index contributed by atoms with van der Waals surface area (Å²) < 4.78 is 16.6. The van der Waals surface area contributed by atoms with E-state index < -0.39 is 29.9 Å². The molecule has 13 heteroatoms. The summed E-state index contributed by atoms with van der Waals surface area (Å²) in [5.74, 6) is -1.61. The number of amides is 5.